The second kappa shape index (κ2) is 7.53. The Balaban J connectivity index is 1.72. The lowest BCUT2D eigenvalue weighted by atomic mass is 9.70. The summed E-state index contributed by atoms with van der Waals surface area (Å²) in [5.74, 6) is 2.91. The Bertz CT molecular complexity index is 763. The molecule has 0 amide bonds. The number of nitrogens with zero attached hydrogens (tertiary/aromatic N) is 2. The number of aliphatic hydroxyl groups is 1. The van der Waals surface area contributed by atoms with Crippen LogP contribution in [-0.4, -0.2) is 47.8 Å². The van der Waals surface area contributed by atoms with Crippen LogP contribution in [0.1, 0.15) is 44.1 Å². The zero-order valence-corrected chi connectivity index (χ0v) is 15.9. The van der Waals surface area contributed by atoms with E-state index in [0.29, 0.717) is 12.0 Å². The SMILES string of the molecule is CC[C@H]1CN2CC[C@H]1C[C@H]2[C@@H](CCO)c1ccnc2ccc(OC)cc12. The molecule has 4 nitrogen and oxygen atoms in total. The first-order valence-corrected chi connectivity index (χ1v) is 10.0. The first-order chi connectivity index (χ1) is 12.7. The Kier molecular flexibility index (Phi) is 5.14. The van der Waals surface area contributed by atoms with Crippen LogP contribution in [0.3, 0.4) is 0 Å². The van der Waals surface area contributed by atoms with E-state index in [1.54, 1.807) is 7.11 Å². The fourth-order valence-electron chi connectivity index (χ4n) is 5.35. The van der Waals surface area contributed by atoms with Crippen molar-refractivity contribution in [2.45, 2.75) is 44.6 Å². The Morgan fingerprint density at radius 1 is 1.35 bits per heavy atom. The van der Waals surface area contributed by atoms with E-state index in [0.717, 1.165) is 29.5 Å². The molecule has 3 aliphatic rings. The van der Waals surface area contributed by atoms with E-state index < -0.39 is 0 Å². The van der Waals surface area contributed by atoms with Crippen molar-refractivity contribution in [1.29, 1.82) is 0 Å². The predicted molar refractivity (Wildman–Crippen MR) is 105 cm³/mol. The van der Waals surface area contributed by atoms with Crippen LogP contribution < -0.4 is 4.74 Å². The van der Waals surface area contributed by atoms with Gasteiger partial charge >= 0.3 is 0 Å². The average molecular weight is 354 g/mol. The Morgan fingerprint density at radius 3 is 2.92 bits per heavy atom. The van der Waals surface area contributed by atoms with Gasteiger partial charge in [0.15, 0.2) is 0 Å². The van der Waals surface area contributed by atoms with Crippen LogP contribution >= 0.6 is 0 Å². The molecule has 1 unspecified atom stereocenters. The minimum atomic E-state index is 0.227. The highest BCUT2D eigenvalue weighted by molar-refractivity contribution is 5.84. The highest BCUT2D eigenvalue weighted by Crippen LogP contribution is 2.44. The van der Waals surface area contributed by atoms with Crippen LogP contribution in [-0.2, 0) is 0 Å². The van der Waals surface area contributed by atoms with Gasteiger partial charge in [0.2, 0.25) is 0 Å². The second-order valence-electron chi connectivity index (χ2n) is 7.92. The molecule has 4 heteroatoms. The van der Waals surface area contributed by atoms with Gasteiger partial charge in [0.1, 0.15) is 5.75 Å². The van der Waals surface area contributed by atoms with Crippen LogP contribution in [0.5, 0.6) is 5.75 Å². The molecule has 0 aliphatic carbocycles. The van der Waals surface area contributed by atoms with Gasteiger partial charge in [-0.1, -0.05) is 13.3 Å². The molecular formula is C22H30N2O2. The number of pyridine rings is 1. The van der Waals surface area contributed by atoms with Crippen molar-refractivity contribution in [2.24, 2.45) is 11.8 Å². The molecule has 5 atom stereocenters. The maximum atomic E-state index is 9.81. The molecule has 1 aromatic heterocycles. The Hall–Kier alpha value is -1.65. The van der Waals surface area contributed by atoms with Gasteiger partial charge in [-0.05, 0) is 67.5 Å². The summed E-state index contributed by atoms with van der Waals surface area (Å²) in [5.41, 5.74) is 2.32. The normalized spacial score (nSPS) is 29.0. The van der Waals surface area contributed by atoms with Crippen molar-refractivity contribution in [1.82, 2.24) is 9.88 Å². The number of benzene rings is 1. The monoisotopic (exact) mass is 354 g/mol. The van der Waals surface area contributed by atoms with Gasteiger partial charge in [-0.3, -0.25) is 9.88 Å². The Morgan fingerprint density at radius 2 is 2.23 bits per heavy atom. The van der Waals surface area contributed by atoms with Gasteiger partial charge in [-0.2, -0.15) is 0 Å². The number of methoxy groups -OCH3 is 1. The molecule has 3 fully saturated rings. The van der Waals surface area contributed by atoms with Gasteiger partial charge < -0.3 is 9.84 Å². The third-order valence-corrected chi connectivity index (χ3v) is 6.75. The van der Waals surface area contributed by atoms with Crippen LogP contribution in [0.25, 0.3) is 10.9 Å². The molecule has 0 saturated carbocycles. The van der Waals surface area contributed by atoms with E-state index in [1.165, 1.54) is 43.3 Å². The molecule has 5 rings (SSSR count). The van der Waals surface area contributed by atoms with Gasteiger partial charge in [-0.25, -0.2) is 0 Å². The predicted octanol–water partition coefficient (Wildman–Crippen LogP) is 3.83. The number of hydrogen-bond donors (Lipinski definition) is 1. The molecule has 1 aromatic carbocycles. The summed E-state index contributed by atoms with van der Waals surface area (Å²) in [6.07, 6.45) is 6.61. The number of aromatic nitrogens is 1. The summed E-state index contributed by atoms with van der Waals surface area (Å²) in [5, 5.41) is 11.0. The molecular weight excluding hydrogens is 324 g/mol. The number of rotatable bonds is 6. The van der Waals surface area contributed by atoms with Gasteiger partial charge in [0.25, 0.3) is 0 Å². The van der Waals surface area contributed by atoms with Crippen LogP contribution in [0.2, 0.25) is 0 Å². The first-order valence-electron chi connectivity index (χ1n) is 10.0. The van der Waals surface area contributed by atoms with Crippen molar-refractivity contribution in [3.8, 4) is 5.75 Å². The maximum absolute atomic E-state index is 9.81. The largest absolute Gasteiger partial charge is 0.497 e. The molecule has 3 aliphatic heterocycles. The van der Waals surface area contributed by atoms with Crippen molar-refractivity contribution in [2.75, 3.05) is 26.8 Å². The number of fused-ring (bicyclic) bond motifs is 4. The number of hydrogen-bond acceptors (Lipinski definition) is 4. The van der Waals surface area contributed by atoms with Crippen molar-refractivity contribution < 1.29 is 9.84 Å². The van der Waals surface area contributed by atoms with Crippen LogP contribution in [0, 0.1) is 11.8 Å². The van der Waals surface area contributed by atoms with E-state index in [-0.39, 0.29) is 6.61 Å². The second-order valence-corrected chi connectivity index (χ2v) is 7.92. The first kappa shape index (κ1) is 17.7. The molecule has 26 heavy (non-hydrogen) atoms. The molecule has 0 radical (unpaired) electrons. The highest BCUT2D eigenvalue weighted by atomic mass is 16.5. The third kappa shape index (κ3) is 3.10. The fourth-order valence-corrected chi connectivity index (χ4v) is 5.35. The molecule has 3 saturated heterocycles. The number of ether oxygens (including phenoxy) is 1. The Labute approximate surface area is 156 Å². The number of aliphatic hydroxyl groups excluding tert-OH is 1. The van der Waals surface area contributed by atoms with Gasteiger partial charge in [0, 0.05) is 36.7 Å². The molecule has 0 spiro atoms. The molecule has 140 valence electrons. The van der Waals surface area contributed by atoms with Gasteiger partial charge in [0.05, 0.1) is 12.6 Å². The minimum absolute atomic E-state index is 0.227. The zero-order valence-electron chi connectivity index (χ0n) is 15.9. The minimum Gasteiger partial charge on any atom is -0.497 e. The quantitative estimate of drug-likeness (QED) is 0.856. The summed E-state index contributed by atoms with van der Waals surface area (Å²) in [6.45, 7) is 4.99. The number of piperidine rings is 3. The average Bonchev–Trinajstić information content (AvgIpc) is 2.71. The van der Waals surface area contributed by atoms with E-state index in [4.69, 9.17) is 4.74 Å². The maximum Gasteiger partial charge on any atom is 0.119 e. The summed E-state index contributed by atoms with van der Waals surface area (Å²) < 4.78 is 5.45. The van der Waals surface area contributed by atoms with E-state index in [9.17, 15) is 5.11 Å². The van der Waals surface area contributed by atoms with Gasteiger partial charge in [-0.15, -0.1) is 0 Å². The molecule has 4 heterocycles. The van der Waals surface area contributed by atoms with Crippen LogP contribution in [0.4, 0.5) is 0 Å². The van der Waals surface area contributed by atoms with Crippen molar-refractivity contribution in [3.05, 3.63) is 36.0 Å². The highest BCUT2D eigenvalue weighted by Gasteiger charge is 2.42. The summed E-state index contributed by atoms with van der Waals surface area (Å²) in [6, 6.07) is 8.79. The lowest BCUT2D eigenvalue weighted by Gasteiger charge is -2.52. The lowest BCUT2D eigenvalue weighted by Crippen LogP contribution is -2.55. The molecule has 1 N–H and O–H groups in total. The topological polar surface area (TPSA) is 45.6 Å². The van der Waals surface area contributed by atoms with E-state index in [2.05, 4.69) is 28.9 Å². The molecule has 2 aromatic rings. The van der Waals surface area contributed by atoms with Crippen LogP contribution in [0.15, 0.2) is 30.5 Å². The summed E-state index contributed by atoms with van der Waals surface area (Å²) >= 11 is 0. The van der Waals surface area contributed by atoms with E-state index in [1.807, 2.05) is 18.3 Å². The standard InChI is InChI=1S/C22H30N2O2/c1-3-15-14-24-10-7-16(15)12-22(24)19(8-11-25)18-6-9-23-21-5-4-17(26-2)13-20(18)21/h4-6,9,13,15-16,19,22,25H,3,7-8,10-12,14H2,1-2H3/t15-,16-,19-,22-/m0/s1. The zero-order chi connectivity index (χ0) is 18.1. The lowest BCUT2D eigenvalue weighted by molar-refractivity contribution is -0.0142. The smallest absolute Gasteiger partial charge is 0.119 e. The fraction of sp³-hybridized carbons (Fsp3) is 0.591. The molecule has 2 bridgehead atoms. The summed E-state index contributed by atoms with van der Waals surface area (Å²) in [7, 11) is 1.71. The van der Waals surface area contributed by atoms with E-state index >= 15 is 0 Å². The van der Waals surface area contributed by atoms with Crippen molar-refractivity contribution >= 4 is 10.9 Å². The van der Waals surface area contributed by atoms with Crippen molar-refractivity contribution in [3.63, 3.8) is 0 Å². The third-order valence-electron chi connectivity index (χ3n) is 6.75. The summed E-state index contributed by atoms with van der Waals surface area (Å²) in [4.78, 5) is 7.24.